The summed E-state index contributed by atoms with van der Waals surface area (Å²) in [6, 6.07) is 0.196. The summed E-state index contributed by atoms with van der Waals surface area (Å²) in [5.74, 6) is 0.141. The molecule has 1 atom stereocenters. The molecule has 80 valence electrons. The molecule has 0 bridgehead atoms. The Morgan fingerprint density at radius 1 is 1.79 bits per heavy atom. The molecule has 1 fully saturated rings. The van der Waals surface area contributed by atoms with Crippen LogP contribution in [-0.4, -0.2) is 49.7 Å². The Balaban J connectivity index is 2.30. The van der Waals surface area contributed by atoms with Crippen molar-refractivity contribution in [2.75, 3.05) is 32.8 Å². The Bertz CT molecular complexity index is 206. The van der Waals surface area contributed by atoms with Gasteiger partial charge < -0.3 is 15.0 Å². The Hall–Kier alpha value is -0.870. The van der Waals surface area contributed by atoms with Gasteiger partial charge in [0.25, 0.3) is 0 Å². The van der Waals surface area contributed by atoms with Gasteiger partial charge in [0.1, 0.15) is 0 Å². The number of amides is 1. The summed E-state index contributed by atoms with van der Waals surface area (Å²) >= 11 is 0. The zero-order valence-corrected chi connectivity index (χ0v) is 8.66. The smallest absolute Gasteiger partial charge is 0.236 e. The van der Waals surface area contributed by atoms with Crippen molar-refractivity contribution >= 4 is 5.91 Å². The van der Waals surface area contributed by atoms with E-state index in [-0.39, 0.29) is 11.9 Å². The summed E-state index contributed by atoms with van der Waals surface area (Å²) in [6.07, 6.45) is 1.75. The maximum atomic E-state index is 11.7. The van der Waals surface area contributed by atoms with E-state index in [4.69, 9.17) is 4.74 Å². The molecule has 1 rings (SSSR count). The van der Waals surface area contributed by atoms with Gasteiger partial charge in [-0.1, -0.05) is 6.08 Å². The molecule has 0 aliphatic carbocycles. The van der Waals surface area contributed by atoms with Gasteiger partial charge in [-0.3, -0.25) is 4.79 Å². The Morgan fingerprint density at radius 2 is 2.57 bits per heavy atom. The van der Waals surface area contributed by atoms with Crippen LogP contribution in [0.25, 0.3) is 0 Å². The van der Waals surface area contributed by atoms with Crippen molar-refractivity contribution in [3.05, 3.63) is 12.7 Å². The van der Waals surface area contributed by atoms with Crippen LogP contribution in [0.5, 0.6) is 0 Å². The molecule has 1 unspecified atom stereocenters. The molecule has 1 aliphatic heterocycles. The van der Waals surface area contributed by atoms with E-state index in [1.54, 1.807) is 6.08 Å². The molecule has 0 aromatic carbocycles. The van der Waals surface area contributed by atoms with Gasteiger partial charge in [-0.15, -0.1) is 6.58 Å². The zero-order chi connectivity index (χ0) is 10.4. The quantitative estimate of drug-likeness (QED) is 0.511. The van der Waals surface area contributed by atoms with Gasteiger partial charge in [-0.05, 0) is 6.92 Å². The van der Waals surface area contributed by atoms with Crippen molar-refractivity contribution in [2.24, 2.45) is 0 Å². The van der Waals surface area contributed by atoms with Gasteiger partial charge in [-0.25, -0.2) is 0 Å². The lowest BCUT2D eigenvalue weighted by Crippen LogP contribution is -2.49. The molecule has 0 saturated carbocycles. The zero-order valence-electron chi connectivity index (χ0n) is 8.66. The van der Waals surface area contributed by atoms with Gasteiger partial charge >= 0.3 is 0 Å². The van der Waals surface area contributed by atoms with Crippen LogP contribution in [-0.2, 0) is 9.53 Å². The molecular weight excluding hydrogens is 180 g/mol. The topological polar surface area (TPSA) is 41.6 Å². The fraction of sp³-hybridized carbons (Fsp3) is 0.700. The molecule has 14 heavy (non-hydrogen) atoms. The van der Waals surface area contributed by atoms with Gasteiger partial charge in [0.05, 0.1) is 25.8 Å². The normalized spacial score (nSPS) is 22.1. The molecule has 1 heterocycles. The molecule has 1 amide bonds. The summed E-state index contributed by atoms with van der Waals surface area (Å²) < 4.78 is 5.26. The van der Waals surface area contributed by atoms with Crippen molar-refractivity contribution in [2.45, 2.75) is 13.0 Å². The molecule has 4 nitrogen and oxygen atoms in total. The number of nitrogens with zero attached hydrogens (tertiary/aromatic N) is 1. The largest absolute Gasteiger partial charge is 0.377 e. The highest BCUT2D eigenvalue weighted by molar-refractivity contribution is 5.78. The Kier molecular flexibility index (Phi) is 4.62. The van der Waals surface area contributed by atoms with E-state index in [1.807, 2.05) is 11.8 Å². The molecule has 1 N–H and O–H groups in total. The lowest BCUT2D eigenvalue weighted by molar-refractivity contribution is -0.138. The first kappa shape index (κ1) is 11.2. The number of ether oxygens (including phenoxy) is 1. The molecule has 0 spiro atoms. The van der Waals surface area contributed by atoms with Crippen molar-refractivity contribution in [1.29, 1.82) is 0 Å². The molecule has 1 saturated heterocycles. The third kappa shape index (κ3) is 3.12. The van der Waals surface area contributed by atoms with E-state index in [9.17, 15) is 4.79 Å². The first-order chi connectivity index (χ1) is 6.75. The van der Waals surface area contributed by atoms with Gasteiger partial charge in [0.2, 0.25) is 5.91 Å². The van der Waals surface area contributed by atoms with Crippen LogP contribution in [0.3, 0.4) is 0 Å². The molecule has 0 aromatic rings. The monoisotopic (exact) mass is 198 g/mol. The number of hydrogen-bond donors (Lipinski definition) is 1. The summed E-state index contributed by atoms with van der Waals surface area (Å²) in [5, 5.41) is 3.00. The third-order valence-corrected chi connectivity index (χ3v) is 2.25. The van der Waals surface area contributed by atoms with Crippen molar-refractivity contribution in [3.63, 3.8) is 0 Å². The number of carbonyl (C=O) groups excluding carboxylic acids is 1. The fourth-order valence-electron chi connectivity index (χ4n) is 1.48. The number of rotatable bonds is 4. The van der Waals surface area contributed by atoms with Crippen LogP contribution in [0, 0.1) is 0 Å². The van der Waals surface area contributed by atoms with Crippen LogP contribution in [0.4, 0.5) is 0 Å². The first-order valence-electron chi connectivity index (χ1n) is 4.94. The van der Waals surface area contributed by atoms with E-state index >= 15 is 0 Å². The highest BCUT2D eigenvalue weighted by Crippen LogP contribution is 2.05. The second-order valence-electron chi connectivity index (χ2n) is 3.43. The average Bonchev–Trinajstić information content (AvgIpc) is 2.18. The van der Waals surface area contributed by atoms with Gasteiger partial charge in [0.15, 0.2) is 0 Å². The second-order valence-corrected chi connectivity index (χ2v) is 3.43. The summed E-state index contributed by atoms with van der Waals surface area (Å²) in [5.41, 5.74) is 0. The number of carbonyl (C=O) groups is 1. The standard InChI is InChI=1S/C10H18N2O2/c1-3-4-11-7-10(13)12-5-6-14-8-9(12)2/h3,9,11H,1,4-8H2,2H3. The minimum Gasteiger partial charge on any atom is -0.377 e. The molecule has 1 aliphatic rings. The van der Waals surface area contributed by atoms with E-state index in [2.05, 4.69) is 11.9 Å². The van der Waals surface area contributed by atoms with Gasteiger partial charge in [-0.2, -0.15) is 0 Å². The summed E-state index contributed by atoms with van der Waals surface area (Å²) in [4.78, 5) is 13.5. The van der Waals surface area contributed by atoms with Crippen LogP contribution < -0.4 is 5.32 Å². The SMILES string of the molecule is C=CCNCC(=O)N1CCOCC1C. The Morgan fingerprint density at radius 3 is 3.21 bits per heavy atom. The predicted octanol–water partition coefficient (Wildman–Crippen LogP) is 0.00930. The van der Waals surface area contributed by atoms with Crippen LogP contribution >= 0.6 is 0 Å². The van der Waals surface area contributed by atoms with Crippen LogP contribution in [0.1, 0.15) is 6.92 Å². The van der Waals surface area contributed by atoms with Crippen molar-refractivity contribution < 1.29 is 9.53 Å². The highest BCUT2D eigenvalue weighted by Gasteiger charge is 2.22. The van der Waals surface area contributed by atoms with E-state index < -0.39 is 0 Å². The van der Waals surface area contributed by atoms with Crippen molar-refractivity contribution in [1.82, 2.24) is 10.2 Å². The van der Waals surface area contributed by atoms with E-state index in [1.165, 1.54) is 0 Å². The number of nitrogens with one attached hydrogen (secondary N) is 1. The minimum absolute atomic E-state index is 0.141. The molecule has 0 radical (unpaired) electrons. The van der Waals surface area contributed by atoms with E-state index in [0.29, 0.717) is 32.8 Å². The van der Waals surface area contributed by atoms with Crippen LogP contribution in [0.2, 0.25) is 0 Å². The van der Waals surface area contributed by atoms with Gasteiger partial charge in [0, 0.05) is 13.1 Å². The molecular formula is C10H18N2O2. The summed E-state index contributed by atoms with van der Waals surface area (Å²) in [6.45, 7) is 8.64. The highest BCUT2D eigenvalue weighted by atomic mass is 16.5. The van der Waals surface area contributed by atoms with Crippen molar-refractivity contribution in [3.8, 4) is 0 Å². The van der Waals surface area contributed by atoms with Crippen LogP contribution in [0.15, 0.2) is 12.7 Å². The maximum Gasteiger partial charge on any atom is 0.236 e. The summed E-state index contributed by atoms with van der Waals surface area (Å²) in [7, 11) is 0. The predicted molar refractivity (Wildman–Crippen MR) is 55.1 cm³/mol. The lowest BCUT2D eigenvalue weighted by Gasteiger charge is -2.33. The maximum absolute atomic E-state index is 11.7. The minimum atomic E-state index is 0.141. The Labute approximate surface area is 84.9 Å². The number of hydrogen-bond acceptors (Lipinski definition) is 3. The lowest BCUT2D eigenvalue weighted by atomic mass is 10.2. The fourth-order valence-corrected chi connectivity index (χ4v) is 1.48. The molecule has 0 aromatic heterocycles. The third-order valence-electron chi connectivity index (χ3n) is 2.25. The number of morpholine rings is 1. The first-order valence-corrected chi connectivity index (χ1v) is 4.94. The molecule has 4 heteroatoms. The van der Waals surface area contributed by atoms with E-state index in [0.717, 1.165) is 0 Å². The average molecular weight is 198 g/mol. The second kappa shape index (κ2) is 5.78.